The second kappa shape index (κ2) is 8.22. The molecule has 1 saturated carbocycles. The van der Waals surface area contributed by atoms with Gasteiger partial charge in [0.15, 0.2) is 5.65 Å². The number of carbonyl (C=O) groups is 2. The Bertz CT molecular complexity index is 1280. The maximum atomic E-state index is 14.4. The summed E-state index contributed by atoms with van der Waals surface area (Å²) < 4.78 is 58.2. The molecule has 0 unspecified atom stereocenters. The molecule has 1 aliphatic carbocycles. The molecule has 0 bridgehead atoms. The number of hydrogen-bond donors (Lipinski definition) is 2. The Hall–Kier alpha value is -3.77. The van der Waals surface area contributed by atoms with Crippen molar-refractivity contribution in [2.45, 2.75) is 43.7 Å². The van der Waals surface area contributed by atoms with Crippen LogP contribution in [-0.2, 0) is 4.79 Å². The number of nitrogens with zero attached hydrogens (tertiary/aromatic N) is 5. The molecule has 9 nitrogen and oxygen atoms in total. The molecule has 13 heteroatoms. The first kappa shape index (κ1) is 22.0. The lowest BCUT2D eigenvalue weighted by atomic mass is 10.0. The van der Waals surface area contributed by atoms with E-state index in [0.29, 0.717) is 12.8 Å². The van der Waals surface area contributed by atoms with E-state index in [1.54, 1.807) is 0 Å². The summed E-state index contributed by atoms with van der Waals surface area (Å²) in [5.74, 6) is -4.59. The first-order chi connectivity index (χ1) is 16.2. The van der Waals surface area contributed by atoms with Gasteiger partial charge in [-0.05, 0) is 24.6 Å². The molecule has 1 aromatic carbocycles. The Balaban J connectivity index is 1.43. The Morgan fingerprint density at radius 2 is 2.03 bits per heavy atom. The summed E-state index contributed by atoms with van der Waals surface area (Å²) in [6.07, 6.45) is 3.10. The molecule has 2 N–H and O–H groups in total. The summed E-state index contributed by atoms with van der Waals surface area (Å²) in [6, 6.07) is 0.678. The standard InChI is InChI=1S/C21H19F4N7O2/c22-11-1-4-15(23)14(5-11)16-7-21(24,25)10-32(16)18-9-31-17(8-26-18)29-30-19(31)28-20(34)27-12-2-3-13(33)6-12/h1,4-5,8-9,12,16H,2-3,6-7,10H2,(H2,27,28,30,34)/t12-,16-/m1/s1. The Morgan fingerprint density at radius 3 is 2.79 bits per heavy atom. The quantitative estimate of drug-likeness (QED) is 0.560. The lowest BCUT2D eigenvalue weighted by Crippen LogP contribution is -2.37. The Labute approximate surface area is 190 Å². The van der Waals surface area contributed by atoms with Crippen molar-refractivity contribution >= 4 is 29.2 Å². The maximum absolute atomic E-state index is 14.4. The van der Waals surface area contributed by atoms with Crippen molar-refractivity contribution in [1.29, 1.82) is 0 Å². The van der Waals surface area contributed by atoms with Crippen molar-refractivity contribution in [3.8, 4) is 0 Å². The summed E-state index contributed by atoms with van der Waals surface area (Å²) in [6.45, 7) is -0.757. The molecule has 2 aliphatic rings. The van der Waals surface area contributed by atoms with Gasteiger partial charge >= 0.3 is 6.03 Å². The number of nitrogens with one attached hydrogen (secondary N) is 2. The largest absolute Gasteiger partial charge is 0.342 e. The lowest BCUT2D eigenvalue weighted by Gasteiger charge is -2.25. The van der Waals surface area contributed by atoms with Gasteiger partial charge in [0.2, 0.25) is 5.95 Å². The second-order valence-electron chi connectivity index (χ2n) is 8.44. The first-order valence-corrected chi connectivity index (χ1v) is 10.6. The van der Waals surface area contributed by atoms with Crippen LogP contribution >= 0.6 is 0 Å². The third-order valence-electron chi connectivity index (χ3n) is 5.97. The number of benzene rings is 1. The number of Topliss-reactive ketones (excluding diaryl/α,β-unsaturated/α-hetero) is 1. The molecule has 2 atom stereocenters. The molecule has 3 heterocycles. The highest BCUT2D eigenvalue weighted by Gasteiger charge is 2.47. The number of rotatable bonds is 4. The number of urea groups is 1. The number of alkyl halides is 2. The highest BCUT2D eigenvalue weighted by molar-refractivity contribution is 5.89. The molecule has 34 heavy (non-hydrogen) atoms. The van der Waals surface area contributed by atoms with Crippen LogP contribution in [-0.4, -0.2) is 49.9 Å². The SMILES string of the molecule is O=C1CC[C@@H](NC(=O)Nc2nnc3cnc(N4CC(F)(F)C[C@@H]4c4cc(F)ccc4F)cn23)C1. The van der Waals surface area contributed by atoms with E-state index in [-0.39, 0.29) is 41.2 Å². The van der Waals surface area contributed by atoms with Crippen molar-refractivity contribution in [2.24, 2.45) is 0 Å². The number of aromatic nitrogens is 4. The van der Waals surface area contributed by atoms with Crippen LogP contribution in [0.2, 0.25) is 0 Å². The van der Waals surface area contributed by atoms with Crippen molar-refractivity contribution in [3.05, 3.63) is 47.8 Å². The van der Waals surface area contributed by atoms with Crippen molar-refractivity contribution in [1.82, 2.24) is 24.9 Å². The molecule has 178 valence electrons. The van der Waals surface area contributed by atoms with Gasteiger partial charge in [-0.3, -0.25) is 14.5 Å². The van der Waals surface area contributed by atoms with Crippen LogP contribution in [0.1, 0.15) is 37.3 Å². The lowest BCUT2D eigenvalue weighted by molar-refractivity contribution is -0.117. The van der Waals surface area contributed by atoms with E-state index in [1.165, 1.54) is 21.7 Å². The number of halogens is 4. The molecule has 2 aromatic heterocycles. The van der Waals surface area contributed by atoms with E-state index in [2.05, 4.69) is 25.8 Å². The number of carbonyl (C=O) groups excluding carboxylic acids is 2. The number of ketones is 1. The number of anilines is 2. The molecule has 1 aliphatic heterocycles. The summed E-state index contributed by atoms with van der Waals surface area (Å²) in [4.78, 5) is 29.1. The van der Waals surface area contributed by atoms with Crippen molar-refractivity contribution < 1.29 is 27.2 Å². The van der Waals surface area contributed by atoms with Crippen LogP contribution in [0.4, 0.5) is 34.1 Å². The van der Waals surface area contributed by atoms with E-state index in [4.69, 9.17) is 0 Å². The zero-order valence-corrected chi connectivity index (χ0v) is 17.6. The predicted molar refractivity (Wildman–Crippen MR) is 112 cm³/mol. The zero-order valence-electron chi connectivity index (χ0n) is 17.6. The summed E-state index contributed by atoms with van der Waals surface area (Å²) >= 11 is 0. The number of amides is 2. The first-order valence-electron chi connectivity index (χ1n) is 10.6. The average molecular weight is 477 g/mol. The van der Waals surface area contributed by atoms with Crippen LogP contribution in [0.15, 0.2) is 30.6 Å². The molecule has 2 fully saturated rings. The number of hydrogen-bond acceptors (Lipinski definition) is 6. The van der Waals surface area contributed by atoms with E-state index in [9.17, 15) is 27.2 Å². The van der Waals surface area contributed by atoms with Gasteiger partial charge in [-0.2, -0.15) is 0 Å². The van der Waals surface area contributed by atoms with Gasteiger partial charge in [-0.25, -0.2) is 27.3 Å². The molecule has 3 aromatic rings. The third kappa shape index (κ3) is 4.24. The van der Waals surface area contributed by atoms with E-state index >= 15 is 0 Å². The van der Waals surface area contributed by atoms with Crippen LogP contribution in [0.25, 0.3) is 5.65 Å². The highest BCUT2D eigenvalue weighted by atomic mass is 19.3. The smallest absolute Gasteiger partial charge is 0.321 e. The summed E-state index contributed by atoms with van der Waals surface area (Å²) in [5.41, 5.74) is 0.0289. The molecular weight excluding hydrogens is 458 g/mol. The summed E-state index contributed by atoms with van der Waals surface area (Å²) in [7, 11) is 0. The van der Waals surface area contributed by atoms with E-state index < -0.39 is 42.6 Å². The van der Waals surface area contributed by atoms with Crippen LogP contribution in [0.5, 0.6) is 0 Å². The zero-order chi connectivity index (χ0) is 24.0. The minimum absolute atomic E-state index is 0.0000771. The van der Waals surface area contributed by atoms with Crippen molar-refractivity contribution in [3.63, 3.8) is 0 Å². The van der Waals surface area contributed by atoms with Crippen LogP contribution in [0.3, 0.4) is 0 Å². The topological polar surface area (TPSA) is 105 Å². The van der Waals surface area contributed by atoms with Gasteiger partial charge in [-0.15, -0.1) is 10.2 Å². The fourth-order valence-electron chi connectivity index (χ4n) is 4.39. The molecular formula is C21H19F4N7O2. The predicted octanol–water partition coefficient (Wildman–Crippen LogP) is 3.23. The van der Waals surface area contributed by atoms with Gasteiger partial charge < -0.3 is 10.2 Å². The average Bonchev–Trinajstić information content (AvgIpc) is 3.46. The minimum Gasteiger partial charge on any atom is -0.342 e. The second-order valence-corrected chi connectivity index (χ2v) is 8.44. The monoisotopic (exact) mass is 477 g/mol. The fraction of sp³-hybridized carbons (Fsp3) is 0.381. The van der Waals surface area contributed by atoms with Gasteiger partial charge in [0.1, 0.15) is 23.2 Å². The van der Waals surface area contributed by atoms with Gasteiger partial charge in [0.05, 0.1) is 25.0 Å². The highest BCUT2D eigenvalue weighted by Crippen LogP contribution is 2.43. The number of fused-ring (bicyclic) bond motifs is 1. The van der Waals surface area contributed by atoms with Crippen LogP contribution in [0, 0.1) is 11.6 Å². The maximum Gasteiger partial charge on any atom is 0.321 e. The molecule has 0 spiro atoms. The van der Waals surface area contributed by atoms with Gasteiger partial charge in [0.25, 0.3) is 5.92 Å². The van der Waals surface area contributed by atoms with Crippen LogP contribution < -0.4 is 15.5 Å². The summed E-state index contributed by atoms with van der Waals surface area (Å²) in [5, 5.41) is 13.0. The molecule has 5 rings (SSSR count). The molecule has 2 amide bonds. The van der Waals surface area contributed by atoms with Gasteiger partial charge in [0, 0.05) is 30.9 Å². The Morgan fingerprint density at radius 1 is 1.21 bits per heavy atom. The third-order valence-corrected chi connectivity index (χ3v) is 5.97. The normalized spacial score (nSPS) is 21.9. The van der Waals surface area contributed by atoms with E-state index in [0.717, 1.165) is 18.2 Å². The molecule has 0 radical (unpaired) electrons. The fourth-order valence-corrected chi connectivity index (χ4v) is 4.39. The van der Waals surface area contributed by atoms with E-state index in [1.807, 2.05) is 0 Å². The van der Waals surface area contributed by atoms with Crippen molar-refractivity contribution in [2.75, 3.05) is 16.8 Å². The Kier molecular flexibility index (Phi) is 5.33. The molecule has 1 saturated heterocycles. The minimum atomic E-state index is -3.16. The van der Waals surface area contributed by atoms with Gasteiger partial charge in [-0.1, -0.05) is 0 Å².